The van der Waals surface area contributed by atoms with E-state index < -0.39 is 0 Å². The topological polar surface area (TPSA) is 39.9 Å². The number of halogens is 1. The van der Waals surface area contributed by atoms with Crippen molar-refractivity contribution >= 4 is 33.2 Å². The molecule has 0 aliphatic rings. The molecule has 0 spiro atoms. The summed E-state index contributed by atoms with van der Waals surface area (Å²) in [5, 5.41) is 1.70. The van der Waals surface area contributed by atoms with Crippen molar-refractivity contribution < 1.29 is 4.74 Å². The molecule has 0 fully saturated rings. The van der Waals surface area contributed by atoms with Gasteiger partial charge in [-0.1, -0.05) is 35.9 Å². The molecule has 0 saturated heterocycles. The molecule has 4 nitrogen and oxygen atoms in total. The predicted molar refractivity (Wildman–Crippen MR) is 101 cm³/mol. The molecule has 0 aliphatic carbocycles. The van der Waals surface area contributed by atoms with E-state index in [1.807, 2.05) is 53.2 Å². The van der Waals surface area contributed by atoms with Gasteiger partial charge in [-0.25, -0.2) is 9.97 Å². The fraction of sp³-hybridized carbons (Fsp3) is 0.158. The van der Waals surface area contributed by atoms with Gasteiger partial charge in [-0.15, -0.1) is 11.3 Å². The van der Waals surface area contributed by atoms with Gasteiger partial charge < -0.3 is 9.30 Å². The van der Waals surface area contributed by atoms with Crippen LogP contribution in [0, 0.1) is 0 Å². The first-order valence-electron chi connectivity index (χ1n) is 7.95. The molecule has 25 heavy (non-hydrogen) atoms. The molecule has 2 aromatic carbocycles. The van der Waals surface area contributed by atoms with Crippen molar-refractivity contribution in [2.45, 2.75) is 19.3 Å². The van der Waals surface area contributed by atoms with Crippen LogP contribution in [-0.4, -0.2) is 14.5 Å². The largest absolute Gasteiger partial charge is 0.364 e. The number of aromatic nitrogens is 3. The second-order valence-corrected chi connectivity index (χ2v) is 7.24. The van der Waals surface area contributed by atoms with Gasteiger partial charge in [-0.2, -0.15) is 0 Å². The Hall–Kier alpha value is -2.21. The fourth-order valence-electron chi connectivity index (χ4n) is 2.67. The van der Waals surface area contributed by atoms with Gasteiger partial charge >= 0.3 is 0 Å². The first-order valence-corrected chi connectivity index (χ1v) is 9.14. The highest BCUT2D eigenvalue weighted by Gasteiger charge is 2.14. The maximum atomic E-state index is 6.21. The van der Waals surface area contributed by atoms with E-state index in [0.717, 1.165) is 21.1 Å². The van der Waals surface area contributed by atoms with Crippen molar-refractivity contribution in [2.75, 3.05) is 0 Å². The van der Waals surface area contributed by atoms with E-state index in [9.17, 15) is 0 Å². The number of thiazole rings is 1. The molecule has 0 saturated carbocycles. The first-order chi connectivity index (χ1) is 12.3. The highest BCUT2D eigenvalue weighted by Crippen LogP contribution is 2.26. The summed E-state index contributed by atoms with van der Waals surface area (Å²) in [6.07, 6.45) is 5.40. The number of hydrogen-bond donors (Lipinski definition) is 0. The molecule has 2 aromatic heterocycles. The number of ether oxygens (including phenoxy) is 1. The molecule has 0 radical (unpaired) electrons. The molecular formula is C19H16ClN3OS. The smallest absolute Gasteiger partial charge is 0.120 e. The van der Waals surface area contributed by atoms with E-state index >= 15 is 0 Å². The Morgan fingerprint density at radius 1 is 1.12 bits per heavy atom. The summed E-state index contributed by atoms with van der Waals surface area (Å²) in [5.74, 6) is 0. The molecule has 0 bridgehead atoms. The highest BCUT2D eigenvalue weighted by atomic mass is 35.5. The summed E-state index contributed by atoms with van der Waals surface area (Å²) >= 11 is 7.68. The van der Waals surface area contributed by atoms with Gasteiger partial charge in [0, 0.05) is 17.4 Å². The third-order valence-corrected chi connectivity index (χ3v) is 5.19. The lowest BCUT2D eigenvalue weighted by Gasteiger charge is -2.18. The van der Waals surface area contributed by atoms with Gasteiger partial charge in [0.15, 0.2) is 0 Å². The molecule has 1 atom stereocenters. The van der Waals surface area contributed by atoms with Crippen LogP contribution in [-0.2, 0) is 17.9 Å². The molecular weight excluding hydrogens is 354 g/mol. The average molecular weight is 370 g/mol. The van der Waals surface area contributed by atoms with Crippen molar-refractivity contribution in [3.8, 4) is 0 Å². The third-order valence-electron chi connectivity index (χ3n) is 3.92. The summed E-state index contributed by atoms with van der Waals surface area (Å²) in [6, 6.07) is 15.9. The van der Waals surface area contributed by atoms with Crippen molar-refractivity contribution in [2.24, 2.45) is 0 Å². The van der Waals surface area contributed by atoms with E-state index in [4.69, 9.17) is 16.3 Å². The van der Waals surface area contributed by atoms with Crippen LogP contribution in [0.25, 0.3) is 10.2 Å². The van der Waals surface area contributed by atoms with Crippen molar-refractivity contribution in [3.05, 3.63) is 82.8 Å². The summed E-state index contributed by atoms with van der Waals surface area (Å²) in [6.45, 7) is 1.16. The van der Waals surface area contributed by atoms with Gasteiger partial charge in [-0.3, -0.25) is 0 Å². The minimum absolute atomic E-state index is 0.0986. The summed E-state index contributed by atoms with van der Waals surface area (Å²) in [5.41, 5.74) is 2.10. The quantitative estimate of drug-likeness (QED) is 0.474. The van der Waals surface area contributed by atoms with Crippen LogP contribution in [0.3, 0.4) is 0 Å². The Bertz CT molecular complexity index is 917. The number of para-hydroxylation sites is 1. The van der Waals surface area contributed by atoms with Crippen LogP contribution < -0.4 is 0 Å². The maximum absolute atomic E-state index is 6.21. The van der Waals surface area contributed by atoms with Crippen LogP contribution in [0.15, 0.2) is 67.3 Å². The fourth-order valence-corrected chi connectivity index (χ4v) is 3.69. The number of fused-ring (bicyclic) bond motifs is 1. The molecule has 126 valence electrons. The lowest BCUT2D eigenvalue weighted by Crippen LogP contribution is -2.12. The second-order valence-electron chi connectivity index (χ2n) is 5.69. The van der Waals surface area contributed by atoms with E-state index in [1.165, 1.54) is 4.70 Å². The maximum Gasteiger partial charge on any atom is 0.120 e. The van der Waals surface area contributed by atoms with Gasteiger partial charge in [0.05, 0.1) is 29.7 Å². The Balaban J connectivity index is 1.53. The number of imidazole rings is 1. The van der Waals surface area contributed by atoms with Crippen molar-refractivity contribution in [1.82, 2.24) is 14.5 Å². The SMILES string of the molecule is Clc1ccc(C(Cn2ccnc2)OCc2nc3ccccc3s2)cc1. The first kappa shape index (κ1) is 16.3. The lowest BCUT2D eigenvalue weighted by molar-refractivity contribution is 0.0279. The van der Waals surface area contributed by atoms with Crippen LogP contribution >= 0.6 is 22.9 Å². The van der Waals surface area contributed by atoms with Gasteiger partial charge in [-0.05, 0) is 29.8 Å². The van der Waals surface area contributed by atoms with E-state index in [-0.39, 0.29) is 6.10 Å². The van der Waals surface area contributed by atoms with E-state index in [1.54, 1.807) is 23.9 Å². The minimum atomic E-state index is -0.0986. The standard InChI is InChI=1S/C19H16ClN3OS/c20-15-7-5-14(6-8-15)17(11-23-10-9-21-13-23)24-12-19-22-16-3-1-2-4-18(16)25-19/h1-10,13,17H,11-12H2. The molecule has 4 aromatic rings. The average Bonchev–Trinajstić information content (AvgIpc) is 3.28. The third kappa shape index (κ3) is 3.90. The zero-order valence-electron chi connectivity index (χ0n) is 13.4. The Kier molecular flexibility index (Phi) is 4.78. The van der Waals surface area contributed by atoms with Gasteiger partial charge in [0.2, 0.25) is 0 Å². The van der Waals surface area contributed by atoms with Crippen LogP contribution in [0.4, 0.5) is 0 Å². The number of benzene rings is 2. The molecule has 0 amide bonds. The summed E-state index contributed by atoms with van der Waals surface area (Å²) in [7, 11) is 0. The van der Waals surface area contributed by atoms with Crippen molar-refractivity contribution in [3.63, 3.8) is 0 Å². The lowest BCUT2D eigenvalue weighted by atomic mass is 10.1. The monoisotopic (exact) mass is 369 g/mol. The molecule has 2 heterocycles. The van der Waals surface area contributed by atoms with E-state index in [2.05, 4.69) is 16.0 Å². The second kappa shape index (κ2) is 7.35. The zero-order valence-corrected chi connectivity index (χ0v) is 15.0. The molecule has 4 rings (SSSR count). The highest BCUT2D eigenvalue weighted by molar-refractivity contribution is 7.18. The Morgan fingerprint density at radius 2 is 1.96 bits per heavy atom. The van der Waals surface area contributed by atoms with Gasteiger partial charge in [0.25, 0.3) is 0 Å². The molecule has 0 N–H and O–H groups in total. The van der Waals surface area contributed by atoms with Crippen LogP contribution in [0.5, 0.6) is 0 Å². The Labute approximate surface area is 154 Å². The van der Waals surface area contributed by atoms with Crippen LogP contribution in [0.2, 0.25) is 5.02 Å². The summed E-state index contributed by atoms with van der Waals surface area (Å²) < 4.78 is 9.40. The number of rotatable bonds is 6. The molecule has 6 heteroatoms. The minimum Gasteiger partial charge on any atom is -0.364 e. The normalized spacial score (nSPS) is 12.5. The molecule has 0 aliphatic heterocycles. The Morgan fingerprint density at radius 3 is 2.72 bits per heavy atom. The number of nitrogens with zero attached hydrogens (tertiary/aromatic N) is 3. The predicted octanol–water partition coefficient (Wildman–Crippen LogP) is 5.10. The van der Waals surface area contributed by atoms with Crippen LogP contribution in [0.1, 0.15) is 16.7 Å². The zero-order chi connectivity index (χ0) is 17.1. The number of hydrogen-bond acceptors (Lipinski definition) is 4. The van der Waals surface area contributed by atoms with E-state index in [0.29, 0.717) is 13.2 Å². The summed E-state index contributed by atoms with van der Waals surface area (Å²) in [4.78, 5) is 8.75. The van der Waals surface area contributed by atoms with Gasteiger partial charge in [0.1, 0.15) is 11.1 Å². The molecule has 1 unspecified atom stereocenters. The van der Waals surface area contributed by atoms with Crippen molar-refractivity contribution in [1.29, 1.82) is 0 Å².